The number of guanidine groups is 1. The number of aliphatic carboxylic acids is 2. The van der Waals surface area contributed by atoms with E-state index < -0.39 is 46.5 Å². The second-order valence-electron chi connectivity index (χ2n) is 10.3. The number of nitrogens with two attached hydrogens (primary N) is 4. The molecule has 1 fully saturated rings. The zero-order valence-electron chi connectivity index (χ0n) is 24.3. The van der Waals surface area contributed by atoms with Gasteiger partial charge >= 0.3 is 11.9 Å². The summed E-state index contributed by atoms with van der Waals surface area (Å²) >= 11 is 1.98. The van der Waals surface area contributed by atoms with E-state index in [0.717, 1.165) is 16.4 Å². The molecule has 22 heteroatoms. The maximum absolute atomic E-state index is 13.3. The first-order valence-electron chi connectivity index (χ1n) is 13.1. The second-order valence-corrected chi connectivity index (χ2v) is 12.2. The summed E-state index contributed by atoms with van der Waals surface area (Å²) in [5.41, 5.74) is 21.4. The number of hydrogen-bond donors (Lipinski definition) is 8. The summed E-state index contributed by atoms with van der Waals surface area (Å²) in [5, 5.41) is 32.7. The van der Waals surface area contributed by atoms with Crippen molar-refractivity contribution in [3.63, 3.8) is 0 Å². The summed E-state index contributed by atoms with van der Waals surface area (Å²) in [4.78, 5) is 61.9. The average molecular weight is 667 g/mol. The van der Waals surface area contributed by atoms with Crippen molar-refractivity contribution >= 4 is 75.4 Å². The number of oxime groups is 1. The van der Waals surface area contributed by atoms with E-state index in [1.807, 2.05) is 0 Å². The van der Waals surface area contributed by atoms with Crippen molar-refractivity contribution in [1.82, 2.24) is 24.3 Å². The first-order chi connectivity index (χ1) is 21.1. The molecule has 2 aliphatic rings. The highest BCUT2D eigenvalue weighted by molar-refractivity contribution is 8.00. The number of nitrogens with one attached hydrogen (secondary N) is 2. The van der Waals surface area contributed by atoms with Gasteiger partial charge in [-0.1, -0.05) is 5.16 Å². The number of hydrogen-bond acceptors (Lipinski definition) is 14. The van der Waals surface area contributed by atoms with Crippen molar-refractivity contribution in [2.24, 2.45) is 23.7 Å². The number of thioether (sulfide) groups is 1. The second kappa shape index (κ2) is 12.6. The Bertz CT molecular complexity index is 1630. The molecule has 0 spiro atoms. The third kappa shape index (κ3) is 6.32. The molecule has 2 amide bonds. The maximum atomic E-state index is 13.3. The highest BCUT2D eigenvalue weighted by Gasteiger charge is 2.55. The van der Waals surface area contributed by atoms with E-state index in [9.17, 15) is 29.4 Å². The van der Waals surface area contributed by atoms with Crippen LogP contribution in [0.3, 0.4) is 0 Å². The van der Waals surface area contributed by atoms with Crippen molar-refractivity contribution in [1.29, 1.82) is 5.41 Å². The summed E-state index contributed by atoms with van der Waals surface area (Å²) in [6, 6.07) is -1.16. The Morgan fingerprint density at radius 2 is 2.02 bits per heavy atom. The first kappa shape index (κ1) is 32.9. The van der Waals surface area contributed by atoms with Gasteiger partial charge in [0.15, 0.2) is 29.1 Å². The quantitative estimate of drug-likeness (QED) is 0.0368. The Labute approximate surface area is 263 Å². The van der Waals surface area contributed by atoms with Crippen LogP contribution < -0.4 is 37.8 Å². The molecule has 0 unspecified atom stereocenters. The number of aromatic nitrogens is 4. The minimum absolute atomic E-state index is 0.00107. The number of carboxylic acids is 2. The van der Waals surface area contributed by atoms with Gasteiger partial charge in [0.05, 0.1) is 7.05 Å². The molecule has 2 aromatic heterocycles. The predicted octanol–water partition coefficient (Wildman–Crippen LogP) is -2.99. The van der Waals surface area contributed by atoms with E-state index in [4.69, 9.17) is 33.2 Å². The molecule has 12 N–H and O–H groups in total. The predicted molar refractivity (Wildman–Crippen MR) is 162 cm³/mol. The molecule has 2 aromatic rings. The average Bonchev–Trinajstić information content (AvgIpc) is 3.52. The zero-order valence-corrected chi connectivity index (χ0v) is 25.9. The maximum Gasteiger partial charge on any atom is 0.352 e. The van der Waals surface area contributed by atoms with Crippen molar-refractivity contribution in [3.05, 3.63) is 23.3 Å². The van der Waals surface area contributed by atoms with Crippen LogP contribution in [0.2, 0.25) is 0 Å². The van der Waals surface area contributed by atoms with Crippen LogP contribution in [0.4, 0.5) is 16.6 Å². The van der Waals surface area contributed by atoms with Crippen LogP contribution in [0.25, 0.3) is 0 Å². The van der Waals surface area contributed by atoms with Crippen LogP contribution in [-0.4, -0.2) is 100 Å². The van der Waals surface area contributed by atoms with Crippen molar-refractivity contribution < 1.29 is 38.9 Å². The molecule has 4 heterocycles. The minimum atomic E-state index is -1.82. The van der Waals surface area contributed by atoms with Crippen LogP contribution in [0.1, 0.15) is 19.7 Å². The molecule has 0 aromatic carbocycles. The zero-order chi connectivity index (χ0) is 33.4. The fourth-order valence-corrected chi connectivity index (χ4v) is 6.15. The molecule has 4 rings (SSSR count). The molecule has 2 aliphatic heterocycles. The number of rotatable bonds is 12. The standard InChI is InChI=1S/C23H31N13O7S2/c1-23(2,20(41)42)43-31-11(15-30-22(28)45-32-15)16(37)29-12-17(38)36-13(19(39)40)9(8-44-18(12)36)6-34-7-10(14(25)33(34)3)35(5-4-24)21(26)27/h7,12,18,25H,4-6,8,24H2,1-3H3,(H8,26,27,28,29,30,32,37,39,40,41,42)/p+1/t12-,18-/m1/s1. The van der Waals surface area contributed by atoms with Crippen LogP contribution in [0.5, 0.6) is 0 Å². The fraction of sp³-hybridized carbons (Fsp3) is 0.435. The van der Waals surface area contributed by atoms with Gasteiger partial charge in [-0.3, -0.25) is 19.9 Å². The van der Waals surface area contributed by atoms with Crippen LogP contribution >= 0.6 is 23.3 Å². The largest absolute Gasteiger partial charge is 0.478 e. The molecule has 0 saturated carbocycles. The third-order valence-electron chi connectivity index (χ3n) is 6.84. The smallest absolute Gasteiger partial charge is 0.352 e. The van der Waals surface area contributed by atoms with Crippen molar-refractivity contribution in [2.75, 3.05) is 35.2 Å². The highest BCUT2D eigenvalue weighted by atomic mass is 32.2. The molecule has 45 heavy (non-hydrogen) atoms. The molecule has 242 valence electrons. The number of carbonyl (C=O) groups is 4. The van der Waals surface area contributed by atoms with Gasteiger partial charge < -0.3 is 48.2 Å². The van der Waals surface area contributed by atoms with Gasteiger partial charge in [0.1, 0.15) is 17.1 Å². The van der Waals surface area contributed by atoms with Crippen LogP contribution in [-0.2, 0) is 37.6 Å². The lowest BCUT2D eigenvalue weighted by Crippen LogP contribution is -2.71. The fourth-order valence-electron chi connectivity index (χ4n) is 4.38. The Kier molecular flexibility index (Phi) is 9.20. The van der Waals surface area contributed by atoms with E-state index in [1.165, 1.54) is 30.5 Å². The summed E-state index contributed by atoms with van der Waals surface area (Å²) in [5.74, 6) is -4.46. The van der Waals surface area contributed by atoms with E-state index in [2.05, 4.69) is 19.8 Å². The lowest BCUT2D eigenvalue weighted by molar-refractivity contribution is -0.765. The normalized spacial score (nSPS) is 18.3. The molecular weight excluding hydrogens is 634 g/mol. The number of amides is 2. The Balaban J connectivity index is 1.58. The van der Waals surface area contributed by atoms with E-state index in [0.29, 0.717) is 11.3 Å². The molecule has 0 radical (unpaired) electrons. The lowest BCUT2D eigenvalue weighted by atomic mass is 10.0. The van der Waals surface area contributed by atoms with Gasteiger partial charge in [0.25, 0.3) is 11.8 Å². The molecule has 0 aliphatic carbocycles. The number of carboxylic acid groups (broad SMARTS) is 2. The first-order valence-corrected chi connectivity index (χ1v) is 14.9. The van der Waals surface area contributed by atoms with Crippen LogP contribution in [0.15, 0.2) is 22.6 Å². The van der Waals surface area contributed by atoms with Gasteiger partial charge in [-0.2, -0.15) is 9.36 Å². The summed E-state index contributed by atoms with van der Waals surface area (Å²) < 4.78 is 7.10. The molecule has 0 bridgehead atoms. The van der Waals surface area contributed by atoms with Gasteiger partial charge in [-0.15, -0.1) is 21.1 Å². The summed E-state index contributed by atoms with van der Waals surface area (Å²) in [6.07, 6.45) is 1.60. The molecule has 2 atom stereocenters. The van der Waals surface area contributed by atoms with Gasteiger partial charge in [0, 0.05) is 35.9 Å². The van der Waals surface area contributed by atoms with Crippen LogP contribution in [0, 0.1) is 5.41 Å². The highest BCUT2D eigenvalue weighted by Crippen LogP contribution is 2.40. The van der Waals surface area contributed by atoms with E-state index in [-0.39, 0.29) is 53.8 Å². The number of nitrogens with zero attached hydrogens (tertiary/aromatic N) is 7. The SMILES string of the molecule is Cn1c(N)c(N(CCN)C(=N)N)c[n+]1CC1=C(C(=O)O)N2C(=O)[C@@H](NC(=O)C(=NOC(C)(C)C(=O)O)c3nsc(N)n3)[C@H]2SC1. The van der Waals surface area contributed by atoms with E-state index in [1.54, 1.807) is 22.6 Å². The number of anilines is 3. The molecule has 20 nitrogen and oxygen atoms in total. The molecular formula is C23H32N13O7S2+. The lowest BCUT2D eigenvalue weighted by Gasteiger charge is -2.49. The number of β-lactam (4-membered cyclic amide) rings is 1. The molecule has 1 saturated heterocycles. The number of fused-ring (bicyclic) bond motifs is 1. The Hall–Kier alpha value is -4.96. The minimum Gasteiger partial charge on any atom is -0.478 e. The van der Waals surface area contributed by atoms with Gasteiger partial charge in [-0.25, -0.2) is 9.59 Å². The van der Waals surface area contributed by atoms with Gasteiger partial charge in [-0.05, 0) is 13.8 Å². The Morgan fingerprint density at radius 3 is 2.58 bits per heavy atom. The monoisotopic (exact) mass is 666 g/mol. The third-order valence-corrected chi connectivity index (χ3v) is 8.72. The Morgan fingerprint density at radius 1 is 1.33 bits per heavy atom. The van der Waals surface area contributed by atoms with Crippen molar-refractivity contribution in [2.45, 2.75) is 37.4 Å². The topological polar surface area (TPSA) is 311 Å². The number of carbonyl (C=O) groups excluding carboxylic acids is 2. The summed E-state index contributed by atoms with van der Waals surface area (Å²) in [6.45, 7) is 2.87. The summed E-state index contributed by atoms with van der Waals surface area (Å²) in [7, 11) is 1.64. The van der Waals surface area contributed by atoms with Crippen molar-refractivity contribution in [3.8, 4) is 0 Å². The van der Waals surface area contributed by atoms with Gasteiger partial charge in [0.2, 0.25) is 23.3 Å². The van der Waals surface area contributed by atoms with E-state index >= 15 is 0 Å². The number of nitrogen functional groups attached to an aromatic ring is 2.